The van der Waals surface area contributed by atoms with Gasteiger partial charge in [0.15, 0.2) is 24.2 Å². The summed E-state index contributed by atoms with van der Waals surface area (Å²) in [4.78, 5) is 27.8. The van der Waals surface area contributed by atoms with Crippen molar-refractivity contribution < 1.29 is 88.3 Å². The normalized spacial score (nSPS) is 43.6. The number of aliphatic hydroxyl groups excluding tert-OH is 6. The van der Waals surface area contributed by atoms with E-state index in [1.807, 2.05) is 91.8 Å². The van der Waals surface area contributed by atoms with Gasteiger partial charge in [-0.1, -0.05) is 104 Å². The maximum Gasteiger partial charge on any atom is 0.331 e. The summed E-state index contributed by atoms with van der Waals surface area (Å²) in [5.74, 6) is -7.44. The van der Waals surface area contributed by atoms with Crippen LogP contribution in [0.5, 0.6) is 0 Å². The Morgan fingerprint density at radius 1 is 0.562 bits per heavy atom. The summed E-state index contributed by atoms with van der Waals surface area (Å²) in [6.07, 6.45) is 6.90. The summed E-state index contributed by atoms with van der Waals surface area (Å²) in [7, 11) is 0. The van der Waals surface area contributed by atoms with E-state index in [-0.39, 0.29) is 50.4 Å². The number of hydrogen-bond acceptors (Lipinski definition) is 18. The number of rotatable bonds is 18. The van der Waals surface area contributed by atoms with Gasteiger partial charge in [-0.2, -0.15) is 0 Å². The van der Waals surface area contributed by atoms with E-state index in [4.69, 9.17) is 37.9 Å². The maximum atomic E-state index is 13.9. The summed E-state index contributed by atoms with van der Waals surface area (Å²) < 4.78 is 49.6. The number of cyclic esters (lactones) is 2. The molecule has 18 heteroatoms. The third kappa shape index (κ3) is 18.4. The van der Waals surface area contributed by atoms with Crippen LogP contribution >= 0.6 is 0 Å². The third-order valence-electron chi connectivity index (χ3n) is 17.6. The molecule has 5 heterocycles. The van der Waals surface area contributed by atoms with Gasteiger partial charge in [0.2, 0.25) is 0 Å². The Labute approximate surface area is 475 Å². The molecular weight excluding hydrogens is 1030 g/mol. The quantitative estimate of drug-likeness (QED) is 0.0637. The van der Waals surface area contributed by atoms with Gasteiger partial charge in [-0.05, 0) is 77.4 Å². The van der Waals surface area contributed by atoms with Gasteiger partial charge in [0.25, 0.3) is 0 Å². The smallest absolute Gasteiger partial charge is 0.331 e. The van der Waals surface area contributed by atoms with Crippen LogP contribution in [0.25, 0.3) is 0 Å². The first-order chi connectivity index (χ1) is 37.8. The highest BCUT2D eigenvalue weighted by Gasteiger charge is 2.51. The fourth-order valence-electron chi connectivity index (χ4n) is 12.4. The molecule has 80 heavy (non-hydrogen) atoms. The summed E-state index contributed by atoms with van der Waals surface area (Å²) in [5.41, 5.74) is 1.55. The molecule has 0 saturated carbocycles. The van der Waals surface area contributed by atoms with Crippen molar-refractivity contribution in [2.75, 3.05) is 0 Å². The van der Waals surface area contributed by atoms with Crippen LogP contribution < -0.4 is 0 Å². The molecule has 0 bridgehead atoms. The Balaban J connectivity index is 1.37. The highest BCUT2D eigenvalue weighted by Crippen LogP contribution is 2.43. The first-order valence-electron chi connectivity index (χ1n) is 29.8. The van der Waals surface area contributed by atoms with Crippen molar-refractivity contribution in [3.63, 3.8) is 0 Å². The first kappa shape index (κ1) is 67.6. The van der Waals surface area contributed by atoms with Crippen molar-refractivity contribution in [3.8, 4) is 0 Å². The lowest BCUT2D eigenvalue weighted by atomic mass is 9.80. The predicted molar refractivity (Wildman–Crippen MR) is 300 cm³/mol. The highest BCUT2D eigenvalue weighted by molar-refractivity contribution is 5.83. The van der Waals surface area contributed by atoms with Crippen LogP contribution in [-0.2, 0) is 47.5 Å². The monoisotopic (exact) mass is 1130 g/mol. The van der Waals surface area contributed by atoms with Crippen LogP contribution in [0.15, 0.2) is 71.9 Å². The van der Waals surface area contributed by atoms with Crippen LogP contribution in [-0.4, -0.2) is 162 Å². The zero-order valence-electron chi connectivity index (χ0n) is 49.6. The van der Waals surface area contributed by atoms with Crippen LogP contribution in [0.2, 0.25) is 0 Å². The standard InChI is InChI=1S/C62H100O18/c1-13-41-21-19-23-43(15-3)59(35(7)49(65)31-61(71)33-51(45(17-5)37(9)79-61)75-55-29-47(63)57(69)39(11)73-55)78-54(68)28-26-42(14-2)22-20-24-44(16-4)60(77-53(67)27-25-41)36(8)50(66)32-62(72)34-52(46(18-6)38(10)80-62)76-56-30-48(64)58(70)40(12)74-56/h19-28,35-40,43-52,55-60,63-66,69-72H,13-18,29-34H2,1-12H3/b23-19-,24-20-,27-25-,28-26-,41-21-,42-22-/t35-,36-,37+,38+,39-,40+,43-,44+,45-,46-,47-,48-,49-,50-,51+,52+,55+,56+,57-,58+,59-,60-,61+,62+/m1/s1. The van der Waals surface area contributed by atoms with Gasteiger partial charge in [-0.15, -0.1) is 0 Å². The molecule has 24 atom stereocenters. The molecule has 456 valence electrons. The van der Waals surface area contributed by atoms with E-state index in [1.165, 1.54) is 12.2 Å². The van der Waals surface area contributed by atoms with Crippen molar-refractivity contribution in [3.05, 3.63) is 71.9 Å². The Morgan fingerprint density at radius 3 is 1.24 bits per heavy atom. The van der Waals surface area contributed by atoms with Gasteiger partial charge in [0.05, 0.1) is 61.0 Å². The van der Waals surface area contributed by atoms with Gasteiger partial charge < -0.3 is 78.7 Å². The number of ether oxygens (including phenoxy) is 8. The number of allylic oxidation sites excluding steroid dienone is 8. The zero-order valence-corrected chi connectivity index (χ0v) is 49.6. The van der Waals surface area contributed by atoms with Gasteiger partial charge >= 0.3 is 11.9 Å². The van der Waals surface area contributed by atoms with Gasteiger partial charge in [-0.25, -0.2) is 9.59 Å². The summed E-state index contributed by atoms with van der Waals surface area (Å²) in [5, 5.41) is 89.7. The van der Waals surface area contributed by atoms with Gasteiger partial charge in [0.1, 0.15) is 24.4 Å². The van der Waals surface area contributed by atoms with E-state index in [9.17, 15) is 50.4 Å². The average Bonchev–Trinajstić information content (AvgIpc) is 3.39. The number of esters is 2. The number of aliphatic hydroxyl groups is 8. The van der Waals surface area contributed by atoms with Crippen LogP contribution in [0, 0.1) is 35.5 Å². The minimum atomic E-state index is -1.83. The van der Waals surface area contributed by atoms with E-state index in [1.54, 1.807) is 39.8 Å². The molecule has 0 aromatic carbocycles. The van der Waals surface area contributed by atoms with Crippen LogP contribution in [0.4, 0.5) is 0 Å². The fourth-order valence-corrected chi connectivity index (χ4v) is 12.4. The van der Waals surface area contributed by atoms with E-state index < -0.39 is 145 Å². The van der Waals surface area contributed by atoms with Crippen molar-refractivity contribution in [2.24, 2.45) is 35.5 Å². The van der Waals surface area contributed by atoms with E-state index in [0.717, 1.165) is 11.1 Å². The molecule has 0 aromatic rings. The molecule has 0 spiro atoms. The molecule has 5 aliphatic heterocycles. The van der Waals surface area contributed by atoms with E-state index in [2.05, 4.69) is 0 Å². The lowest BCUT2D eigenvalue weighted by Gasteiger charge is -2.48. The van der Waals surface area contributed by atoms with Crippen LogP contribution in [0.3, 0.4) is 0 Å². The molecule has 8 N–H and O–H groups in total. The second kappa shape index (κ2) is 31.1. The number of carbonyl (C=O) groups excluding carboxylic acids is 2. The Kier molecular flexibility index (Phi) is 26.3. The second-order valence-electron chi connectivity index (χ2n) is 23.4. The summed E-state index contributed by atoms with van der Waals surface area (Å²) >= 11 is 0. The average molecular weight is 1130 g/mol. The molecule has 0 aromatic heterocycles. The molecule has 4 fully saturated rings. The van der Waals surface area contributed by atoms with Crippen molar-refractivity contribution in [1.29, 1.82) is 0 Å². The Hall–Kier alpha value is -3.18. The fraction of sp³-hybridized carbons (Fsp3) is 0.774. The van der Waals surface area contributed by atoms with Crippen molar-refractivity contribution >= 4 is 11.9 Å². The van der Waals surface area contributed by atoms with Gasteiger partial charge in [-0.3, -0.25) is 0 Å². The SMILES string of the molecule is CCC1=C/C=C\[C@@H](CC)[C@@H]([C@H](C)[C@H](O)C[C@@]2(O)C[C@H](O[C@H]3C[C@@H](O)[C@H](O)[C@@H](C)O3)[C@H](CC)[C@H](C)O2)OC(=O)\C=C/C(CC)=C\C=C/[C@H](CC)[C@@H]([C@H](C)[C@H](O)C[C@@]2(O)C[C@H](O[C@H]3C[C@@H](O)[C@@H](O)[C@H](C)O3)[C@H](CC)[C@H](C)O2)OC(=O)/C=C\1. The third-order valence-corrected chi connectivity index (χ3v) is 17.6. The van der Waals surface area contributed by atoms with Crippen molar-refractivity contribution in [1.82, 2.24) is 0 Å². The largest absolute Gasteiger partial charge is 0.458 e. The van der Waals surface area contributed by atoms with Crippen molar-refractivity contribution in [2.45, 2.75) is 270 Å². The summed E-state index contributed by atoms with van der Waals surface area (Å²) in [6.45, 7) is 22.3. The minimum Gasteiger partial charge on any atom is -0.458 e. The molecule has 0 radical (unpaired) electrons. The summed E-state index contributed by atoms with van der Waals surface area (Å²) in [6, 6.07) is 0. The minimum absolute atomic E-state index is 0.00199. The van der Waals surface area contributed by atoms with Gasteiger partial charge in [0, 0.05) is 86.2 Å². The molecule has 5 rings (SSSR count). The number of hydrogen-bond donors (Lipinski definition) is 8. The molecule has 0 amide bonds. The highest BCUT2D eigenvalue weighted by atomic mass is 16.7. The first-order valence-corrected chi connectivity index (χ1v) is 29.8. The Bertz CT molecular complexity index is 1950. The molecule has 5 aliphatic rings. The molecule has 0 aliphatic carbocycles. The van der Waals surface area contributed by atoms with Crippen LogP contribution in [0.1, 0.15) is 160 Å². The maximum absolute atomic E-state index is 13.9. The van der Waals surface area contributed by atoms with E-state index >= 15 is 0 Å². The molecule has 4 saturated heterocycles. The second-order valence-corrected chi connectivity index (χ2v) is 23.4. The number of carbonyl (C=O) groups is 2. The zero-order chi connectivity index (χ0) is 59.2. The predicted octanol–water partition coefficient (Wildman–Crippen LogP) is 7.08. The van der Waals surface area contributed by atoms with E-state index in [0.29, 0.717) is 38.5 Å². The molecular formula is C62H100O18. The lowest BCUT2D eigenvalue weighted by molar-refractivity contribution is -0.331. The topological polar surface area (TPSA) is 270 Å². The Morgan fingerprint density at radius 2 is 0.925 bits per heavy atom. The molecule has 18 nitrogen and oxygen atoms in total. The lowest BCUT2D eigenvalue weighted by Crippen LogP contribution is -2.56. The molecule has 0 unspecified atom stereocenters.